The van der Waals surface area contributed by atoms with E-state index in [-0.39, 0.29) is 12.5 Å². The van der Waals surface area contributed by atoms with Crippen LogP contribution in [0.25, 0.3) is 0 Å². The molecular formula is C8H16N2O3. The van der Waals surface area contributed by atoms with Crippen LogP contribution in [0, 0.1) is 0 Å². The van der Waals surface area contributed by atoms with Crippen LogP contribution in [0.5, 0.6) is 0 Å². The van der Waals surface area contributed by atoms with E-state index in [0.29, 0.717) is 6.54 Å². The molecule has 0 atom stereocenters. The fourth-order valence-electron chi connectivity index (χ4n) is 0.738. The summed E-state index contributed by atoms with van der Waals surface area (Å²) < 4.78 is 4.43. The first-order valence-corrected chi connectivity index (χ1v) is 3.93. The van der Waals surface area contributed by atoms with Crippen molar-refractivity contribution in [1.29, 1.82) is 0 Å². The number of ether oxygens (including phenoxy) is 1. The molecular weight excluding hydrogens is 172 g/mol. The predicted molar refractivity (Wildman–Crippen MR) is 48.2 cm³/mol. The average molecular weight is 188 g/mol. The van der Waals surface area contributed by atoms with Gasteiger partial charge in [0.15, 0.2) is 0 Å². The van der Waals surface area contributed by atoms with Crippen LogP contribution >= 0.6 is 0 Å². The number of carbonyl (C=O) groups is 2. The summed E-state index contributed by atoms with van der Waals surface area (Å²) >= 11 is 0. The van der Waals surface area contributed by atoms with Crippen LogP contribution in [0.1, 0.15) is 0 Å². The molecule has 0 bridgehead atoms. The maximum absolute atomic E-state index is 11.3. The summed E-state index contributed by atoms with van der Waals surface area (Å²) in [5.74, 6) is -0.509. The molecule has 0 unspecified atom stereocenters. The van der Waals surface area contributed by atoms with E-state index in [1.54, 1.807) is 26.0 Å². The first-order chi connectivity index (χ1) is 5.97. The Balaban J connectivity index is 3.89. The van der Waals surface area contributed by atoms with Gasteiger partial charge >= 0.3 is 5.97 Å². The van der Waals surface area contributed by atoms with Crippen molar-refractivity contribution < 1.29 is 14.3 Å². The summed E-state index contributed by atoms with van der Waals surface area (Å²) in [6.45, 7) is 0.302. The van der Waals surface area contributed by atoms with Gasteiger partial charge in [-0.1, -0.05) is 0 Å². The van der Waals surface area contributed by atoms with E-state index in [4.69, 9.17) is 0 Å². The molecule has 0 heterocycles. The number of esters is 1. The van der Waals surface area contributed by atoms with E-state index in [2.05, 4.69) is 4.74 Å². The minimum atomic E-state index is -0.408. The molecule has 0 saturated carbocycles. The second kappa shape index (κ2) is 5.53. The first-order valence-electron chi connectivity index (χ1n) is 3.93. The van der Waals surface area contributed by atoms with Gasteiger partial charge in [0.05, 0.1) is 13.7 Å². The Labute approximate surface area is 78.3 Å². The number of likely N-dealkylation sites (N-methyl/N-ethyl adjacent to an activating group) is 2. The van der Waals surface area contributed by atoms with E-state index >= 15 is 0 Å². The number of hydrogen-bond acceptors (Lipinski definition) is 4. The highest BCUT2D eigenvalue weighted by atomic mass is 16.5. The first kappa shape index (κ1) is 11.9. The quantitative estimate of drug-likeness (QED) is 0.541. The third-order valence-electron chi connectivity index (χ3n) is 1.47. The second-order valence-corrected chi connectivity index (χ2v) is 3.06. The Bertz CT molecular complexity index is 192. The Morgan fingerprint density at radius 3 is 2.08 bits per heavy atom. The van der Waals surface area contributed by atoms with Gasteiger partial charge in [-0.25, -0.2) is 0 Å². The highest BCUT2D eigenvalue weighted by Crippen LogP contribution is 1.88. The maximum atomic E-state index is 11.3. The average Bonchev–Trinajstić information content (AvgIpc) is 2.02. The van der Waals surface area contributed by atoms with E-state index < -0.39 is 5.97 Å². The van der Waals surface area contributed by atoms with Gasteiger partial charge in [-0.2, -0.15) is 0 Å². The molecule has 0 spiro atoms. The standard InChI is InChI=1S/C8H16N2O3/c1-9(2)5-7(11)10(3)6-8(12)13-4/h5-6H2,1-4H3. The molecule has 5 heteroatoms. The van der Waals surface area contributed by atoms with E-state index in [1.165, 1.54) is 12.0 Å². The zero-order valence-corrected chi connectivity index (χ0v) is 8.53. The van der Waals surface area contributed by atoms with Crippen molar-refractivity contribution in [2.24, 2.45) is 0 Å². The van der Waals surface area contributed by atoms with E-state index in [1.807, 2.05) is 0 Å². The molecule has 5 nitrogen and oxygen atoms in total. The predicted octanol–water partition coefficient (Wildman–Crippen LogP) is -0.821. The molecule has 0 radical (unpaired) electrons. The summed E-state index contributed by atoms with van der Waals surface area (Å²) in [5.41, 5.74) is 0. The minimum Gasteiger partial charge on any atom is -0.468 e. The lowest BCUT2D eigenvalue weighted by molar-refractivity contribution is -0.146. The molecule has 0 aliphatic heterocycles. The Hall–Kier alpha value is -1.10. The zero-order valence-electron chi connectivity index (χ0n) is 8.53. The van der Waals surface area contributed by atoms with Gasteiger partial charge in [0, 0.05) is 7.05 Å². The fourth-order valence-corrected chi connectivity index (χ4v) is 0.738. The third kappa shape index (κ3) is 5.19. The van der Waals surface area contributed by atoms with Crippen LogP contribution in [0.4, 0.5) is 0 Å². The molecule has 0 aliphatic carbocycles. The van der Waals surface area contributed by atoms with Crippen molar-refractivity contribution in [1.82, 2.24) is 9.80 Å². The lowest BCUT2D eigenvalue weighted by Crippen LogP contribution is -2.38. The van der Waals surface area contributed by atoms with Gasteiger partial charge in [0.2, 0.25) is 5.91 Å². The number of rotatable bonds is 4. The van der Waals surface area contributed by atoms with Crippen LogP contribution in [-0.2, 0) is 14.3 Å². The molecule has 76 valence electrons. The van der Waals surface area contributed by atoms with Crippen molar-refractivity contribution in [3.05, 3.63) is 0 Å². The molecule has 0 N–H and O–H groups in total. The Morgan fingerprint density at radius 1 is 1.15 bits per heavy atom. The molecule has 1 amide bonds. The number of amides is 1. The highest BCUT2D eigenvalue weighted by molar-refractivity contribution is 5.82. The van der Waals surface area contributed by atoms with Crippen molar-refractivity contribution >= 4 is 11.9 Å². The van der Waals surface area contributed by atoms with E-state index in [0.717, 1.165) is 0 Å². The SMILES string of the molecule is COC(=O)CN(C)C(=O)CN(C)C. The molecule has 13 heavy (non-hydrogen) atoms. The lowest BCUT2D eigenvalue weighted by atomic mass is 10.4. The minimum absolute atomic E-state index is 0.00315. The van der Waals surface area contributed by atoms with Gasteiger partial charge < -0.3 is 14.5 Å². The molecule has 0 fully saturated rings. The van der Waals surface area contributed by atoms with Crippen LogP contribution in [0.2, 0.25) is 0 Å². The molecule has 0 aromatic heterocycles. The monoisotopic (exact) mass is 188 g/mol. The molecule has 0 saturated heterocycles. The lowest BCUT2D eigenvalue weighted by Gasteiger charge is -2.17. The van der Waals surface area contributed by atoms with Crippen molar-refractivity contribution in [2.45, 2.75) is 0 Å². The number of methoxy groups -OCH3 is 1. The summed E-state index contributed by atoms with van der Waals surface area (Å²) in [5, 5.41) is 0. The van der Waals surface area contributed by atoms with Gasteiger partial charge in [-0.15, -0.1) is 0 Å². The summed E-state index contributed by atoms with van der Waals surface area (Å²) in [7, 11) is 6.46. The van der Waals surface area contributed by atoms with Gasteiger partial charge in [-0.3, -0.25) is 9.59 Å². The van der Waals surface area contributed by atoms with Crippen molar-refractivity contribution in [3.8, 4) is 0 Å². The molecule has 0 aromatic rings. The molecule has 0 aromatic carbocycles. The van der Waals surface area contributed by atoms with Crippen LogP contribution in [0.15, 0.2) is 0 Å². The zero-order chi connectivity index (χ0) is 10.4. The van der Waals surface area contributed by atoms with E-state index in [9.17, 15) is 9.59 Å². The molecule has 0 rings (SSSR count). The normalized spacial score (nSPS) is 9.92. The molecule has 0 aliphatic rings. The fraction of sp³-hybridized carbons (Fsp3) is 0.750. The van der Waals surface area contributed by atoms with Gasteiger partial charge in [-0.05, 0) is 14.1 Å². The van der Waals surface area contributed by atoms with Crippen molar-refractivity contribution in [2.75, 3.05) is 41.3 Å². The smallest absolute Gasteiger partial charge is 0.325 e. The number of carbonyl (C=O) groups excluding carboxylic acids is 2. The Morgan fingerprint density at radius 2 is 1.69 bits per heavy atom. The van der Waals surface area contributed by atoms with Crippen molar-refractivity contribution in [3.63, 3.8) is 0 Å². The summed E-state index contributed by atoms with van der Waals surface area (Å²) in [6, 6.07) is 0. The van der Waals surface area contributed by atoms with Gasteiger partial charge in [0.1, 0.15) is 6.54 Å². The van der Waals surface area contributed by atoms with Crippen LogP contribution in [0.3, 0.4) is 0 Å². The summed E-state index contributed by atoms with van der Waals surface area (Å²) in [4.78, 5) is 25.1. The number of hydrogen-bond donors (Lipinski definition) is 0. The summed E-state index contributed by atoms with van der Waals surface area (Å²) in [6.07, 6.45) is 0. The topological polar surface area (TPSA) is 49.9 Å². The number of nitrogens with zero attached hydrogens (tertiary/aromatic N) is 2. The van der Waals surface area contributed by atoms with Gasteiger partial charge in [0.25, 0.3) is 0 Å². The largest absolute Gasteiger partial charge is 0.468 e. The third-order valence-corrected chi connectivity index (χ3v) is 1.47. The second-order valence-electron chi connectivity index (χ2n) is 3.06. The van der Waals surface area contributed by atoms with Crippen LogP contribution < -0.4 is 0 Å². The van der Waals surface area contributed by atoms with Crippen LogP contribution in [-0.4, -0.2) is 63.0 Å². The Kier molecular flexibility index (Phi) is 5.06. The maximum Gasteiger partial charge on any atom is 0.325 e. The highest BCUT2D eigenvalue weighted by Gasteiger charge is 2.12.